The summed E-state index contributed by atoms with van der Waals surface area (Å²) in [7, 11) is 0. The summed E-state index contributed by atoms with van der Waals surface area (Å²) in [5, 5.41) is 11.3. The Morgan fingerprint density at radius 1 is 0.649 bits per heavy atom. The molecule has 2 heterocycles. The zero-order valence-electron chi connectivity index (χ0n) is 49.2. The van der Waals surface area contributed by atoms with Gasteiger partial charge in [-0.2, -0.15) is 0 Å². The van der Waals surface area contributed by atoms with Crippen LogP contribution in [-0.4, -0.2) is 19.6 Å². The van der Waals surface area contributed by atoms with Gasteiger partial charge < -0.3 is 5.11 Å². The minimum absolute atomic E-state index is 0.0268. The quantitative estimate of drug-likeness (QED) is 0.176. The number of pyridine rings is 1. The zero-order chi connectivity index (χ0) is 54.6. The summed E-state index contributed by atoms with van der Waals surface area (Å²) in [5.41, 5.74) is -0.585. The van der Waals surface area contributed by atoms with Crippen LogP contribution in [0.4, 0.5) is 0 Å². The molecule has 0 aliphatic rings. The molecule has 8 aromatic rings. The number of aromatic hydroxyl groups is 1. The van der Waals surface area contributed by atoms with Gasteiger partial charge in [-0.05, 0) is 116 Å². The number of benzene rings is 6. The Morgan fingerprint density at radius 2 is 1.37 bits per heavy atom. The highest BCUT2D eigenvalue weighted by Crippen LogP contribution is 2.41. The molecule has 4 heteroatoms. The van der Waals surface area contributed by atoms with E-state index in [9.17, 15) is 7.85 Å². The smallest absolute Gasteiger partial charge is 0.149 e. The first-order valence-electron chi connectivity index (χ1n) is 27.0. The molecule has 4 nitrogen and oxygen atoms in total. The van der Waals surface area contributed by atoms with Crippen molar-refractivity contribution in [2.24, 2.45) is 0 Å². The second kappa shape index (κ2) is 14.7. The third-order valence-electron chi connectivity index (χ3n) is 9.94. The molecule has 0 aliphatic carbocycles. The molecular weight excluding hydrogens is 695 g/mol. The summed E-state index contributed by atoms with van der Waals surface area (Å²) in [6, 6.07) is 27.1. The summed E-state index contributed by atoms with van der Waals surface area (Å²) >= 11 is 0. The van der Waals surface area contributed by atoms with Crippen molar-refractivity contribution in [1.29, 1.82) is 0 Å². The molecule has 1 N–H and O–H groups in total. The van der Waals surface area contributed by atoms with Gasteiger partial charge in [0.2, 0.25) is 0 Å². The van der Waals surface area contributed by atoms with E-state index in [1.54, 1.807) is 36.4 Å². The van der Waals surface area contributed by atoms with Gasteiger partial charge in [0.05, 0.1) is 31.9 Å². The van der Waals surface area contributed by atoms with Crippen molar-refractivity contribution >= 4 is 11.0 Å². The SMILES string of the molecule is [2H]c1nc(-c2cc(-c3cccc4c3nc(-c3ccccc3O)n4-c3ccc(-c4ccccc4)c(C([2H])(C)C)c3)cc(C(C)(C)C)c2)c([2H])c(-c2c([2H])c([2H])c(C(C([2H])([2H])[2H])(C([2H])([2H])[2H])C([2H])([2H])[2H])c([2H])c2[2H])c1[2H]. The van der Waals surface area contributed by atoms with Gasteiger partial charge in [-0.25, -0.2) is 4.98 Å². The Labute approximate surface area is 361 Å². The Morgan fingerprint density at radius 3 is 2.09 bits per heavy atom. The number of rotatable bonds is 7. The monoisotopic (exact) mass is 763 g/mol. The van der Waals surface area contributed by atoms with Crippen LogP contribution >= 0.6 is 0 Å². The minimum atomic E-state index is -3.92. The van der Waals surface area contributed by atoms with Crippen LogP contribution in [0.15, 0.2) is 152 Å². The van der Waals surface area contributed by atoms with Crippen LogP contribution in [-0.2, 0) is 10.8 Å². The molecule has 0 saturated carbocycles. The Kier molecular flexibility index (Phi) is 5.78. The van der Waals surface area contributed by atoms with E-state index >= 15 is 0 Å². The number of imidazole rings is 1. The second-order valence-corrected chi connectivity index (χ2v) is 15.3. The summed E-state index contributed by atoms with van der Waals surface area (Å²) in [6.07, 6.45) is -0.738. The van der Waals surface area contributed by atoms with E-state index in [0.717, 1.165) is 16.7 Å². The minimum Gasteiger partial charge on any atom is -0.507 e. The number of para-hydroxylation sites is 2. The highest BCUT2D eigenvalue weighted by Gasteiger charge is 2.23. The molecule has 0 fully saturated rings. The van der Waals surface area contributed by atoms with Gasteiger partial charge in [-0.15, -0.1) is 0 Å². The van der Waals surface area contributed by atoms with Gasteiger partial charge in [-0.3, -0.25) is 9.55 Å². The fourth-order valence-corrected chi connectivity index (χ4v) is 6.95. The first kappa shape index (κ1) is 22.5. The third-order valence-corrected chi connectivity index (χ3v) is 9.94. The maximum absolute atomic E-state index is 11.3. The van der Waals surface area contributed by atoms with E-state index in [-0.39, 0.29) is 17.0 Å². The van der Waals surface area contributed by atoms with Gasteiger partial charge in [0.15, 0.2) is 0 Å². The van der Waals surface area contributed by atoms with Crippen molar-refractivity contribution in [3.63, 3.8) is 0 Å². The highest BCUT2D eigenvalue weighted by atomic mass is 16.3. The highest BCUT2D eigenvalue weighted by molar-refractivity contribution is 5.97. The maximum atomic E-state index is 11.3. The van der Waals surface area contributed by atoms with Gasteiger partial charge >= 0.3 is 0 Å². The molecule has 0 aliphatic heterocycles. The molecule has 0 saturated heterocycles. The van der Waals surface area contributed by atoms with Crippen LogP contribution in [0.2, 0.25) is 0 Å². The molecule has 0 amide bonds. The molecule has 0 spiro atoms. The van der Waals surface area contributed by atoms with Crippen molar-refractivity contribution in [2.75, 3.05) is 0 Å². The fourth-order valence-electron chi connectivity index (χ4n) is 6.95. The number of hydrogen-bond donors (Lipinski definition) is 1. The number of phenols is 1. The average Bonchev–Trinajstić information content (AvgIpc) is 3.70. The van der Waals surface area contributed by atoms with Gasteiger partial charge in [0.1, 0.15) is 11.6 Å². The van der Waals surface area contributed by atoms with Crippen LogP contribution in [0, 0.1) is 0 Å². The summed E-state index contributed by atoms with van der Waals surface area (Å²) in [4.78, 5) is 9.59. The van der Waals surface area contributed by atoms with Crippen LogP contribution in [0.25, 0.3) is 72.7 Å². The van der Waals surface area contributed by atoms with Crippen molar-refractivity contribution in [3.05, 3.63) is 168 Å². The lowest BCUT2D eigenvalue weighted by molar-refractivity contribution is 0.477. The maximum Gasteiger partial charge on any atom is 0.149 e. The van der Waals surface area contributed by atoms with Gasteiger partial charge in [0, 0.05) is 36.7 Å². The zero-order valence-corrected chi connectivity index (χ0v) is 32.2. The lowest BCUT2D eigenvalue weighted by Gasteiger charge is -2.22. The molecule has 57 heavy (non-hydrogen) atoms. The van der Waals surface area contributed by atoms with Gasteiger partial charge in [0.25, 0.3) is 0 Å². The molecule has 2 aromatic heterocycles. The molecule has 6 aromatic carbocycles. The fraction of sp³-hybridized carbons (Fsp3) is 0.208. The Balaban J connectivity index is 1.39. The molecule has 0 unspecified atom stereocenters. The van der Waals surface area contributed by atoms with Gasteiger partial charge in [-0.1, -0.05) is 146 Å². The van der Waals surface area contributed by atoms with Crippen molar-refractivity contribution in [3.8, 4) is 67.5 Å². The third kappa shape index (κ3) is 7.40. The van der Waals surface area contributed by atoms with Crippen molar-refractivity contribution < 1.29 is 28.4 Å². The average molecular weight is 763 g/mol. The topological polar surface area (TPSA) is 50.9 Å². The molecular formula is C53H51N3O. The van der Waals surface area contributed by atoms with Crippen LogP contribution in [0.5, 0.6) is 5.75 Å². The molecule has 0 bridgehead atoms. The van der Waals surface area contributed by atoms with E-state index in [1.807, 2.05) is 112 Å². The summed E-state index contributed by atoms with van der Waals surface area (Å²) in [5.74, 6) is -0.681. The Bertz CT molecular complexity index is 3460. The number of phenolic OH excluding ortho intramolecular Hbond substituents is 1. The number of nitrogens with zero attached hydrogens (tertiary/aromatic N) is 3. The van der Waals surface area contributed by atoms with E-state index in [1.165, 1.54) is 0 Å². The van der Waals surface area contributed by atoms with Crippen molar-refractivity contribution in [1.82, 2.24) is 14.5 Å². The lowest BCUT2D eigenvalue weighted by atomic mass is 9.83. The first-order chi connectivity index (χ1) is 34.2. The van der Waals surface area contributed by atoms with Crippen LogP contribution < -0.4 is 0 Å². The second-order valence-electron chi connectivity index (χ2n) is 15.3. The number of aromatic nitrogens is 3. The predicted molar refractivity (Wildman–Crippen MR) is 239 cm³/mol. The van der Waals surface area contributed by atoms with Crippen LogP contribution in [0.1, 0.15) is 101 Å². The number of hydrogen-bond acceptors (Lipinski definition) is 3. The predicted octanol–water partition coefficient (Wildman–Crippen LogP) is 14.2. The van der Waals surface area contributed by atoms with E-state index in [2.05, 4.69) is 4.98 Å². The van der Waals surface area contributed by atoms with Crippen molar-refractivity contribution in [2.45, 2.75) is 71.9 Å². The Hall–Kier alpha value is -6.26. The lowest BCUT2D eigenvalue weighted by Crippen LogP contribution is -2.11. The first-order valence-corrected chi connectivity index (χ1v) is 18.5. The molecule has 284 valence electrons. The molecule has 8 rings (SSSR count). The molecule has 0 radical (unpaired) electrons. The standard InChI is InChI=1S/C53H51N3O/c1-34(2)46-33-42(25-26-43(46)36-15-10-9-11-16-36)56-48-19-14-18-44(50(48)55-51(56)45-17-12-13-20-49(45)57)38-29-39(31-41(30-38)53(6,7)8)47-32-37(27-28-54-47)35-21-23-40(24-22-35)52(3,4)5/h9-34,57H,1-8H3/i3D3,4D3,5D3,21D,22D,23D,24D,27D,28D,32D,34D. The summed E-state index contributed by atoms with van der Waals surface area (Å²) < 4.78 is 149. The molecule has 0 atom stereocenters. The van der Waals surface area contributed by atoms with E-state index in [4.69, 9.17) is 25.5 Å². The van der Waals surface area contributed by atoms with Crippen LogP contribution in [0.3, 0.4) is 0 Å². The largest absolute Gasteiger partial charge is 0.507 e. The van der Waals surface area contributed by atoms with E-state index in [0.29, 0.717) is 44.8 Å². The normalized spacial score (nSPS) is 17.2. The number of fused-ring (bicyclic) bond motifs is 1. The van der Waals surface area contributed by atoms with E-state index < -0.39 is 96.4 Å². The summed E-state index contributed by atoms with van der Waals surface area (Å²) in [6.45, 7) is -2.26.